The van der Waals surface area contributed by atoms with Gasteiger partial charge in [-0.25, -0.2) is 4.68 Å². The second-order valence-corrected chi connectivity index (χ2v) is 7.08. The van der Waals surface area contributed by atoms with Gasteiger partial charge in [-0.1, -0.05) is 23.9 Å². The van der Waals surface area contributed by atoms with E-state index in [-0.39, 0.29) is 17.4 Å². The van der Waals surface area contributed by atoms with Gasteiger partial charge in [-0.3, -0.25) is 4.79 Å². The van der Waals surface area contributed by atoms with Crippen molar-refractivity contribution in [1.29, 1.82) is 0 Å². The van der Waals surface area contributed by atoms with Gasteiger partial charge in [0.1, 0.15) is 11.4 Å². The van der Waals surface area contributed by atoms with Crippen LogP contribution in [0, 0.1) is 18.8 Å². The number of nitrogens with two attached hydrogens (primary N) is 1. The lowest BCUT2D eigenvalue weighted by Crippen LogP contribution is -2.20. The van der Waals surface area contributed by atoms with E-state index in [1.807, 2.05) is 6.92 Å². The molecule has 4 rings (SSSR count). The number of amides is 1. The highest BCUT2D eigenvalue weighted by Gasteiger charge is 2.27. The van der Waals surface area contributed by atoms with Gasteiger partial charge < -0.3 is 20.1 Å². The van der Waals surface area contributed by atoms with Crippen LogP contribution >= 0.6 is 0 Å². The average molecular weight is 393 g/mol. The number of hydrogen-bond donors (Lipinski definition) is 2. The predicted octanol–water partition coefficient (Wildman–Crippen LogP) is 1.42. The summed E-state index contributed by atoms with van der Waals surface area (Å²) < 4.78 is 12.4. The summed E-state index contributed by atoms with van der Waals surface area (Å²) in [6.45, 7) is 5.54. The number of carbonyl (C=O) groups excluding carboxylic acids is 1. The Kier molecular flexibility index (Phi) is 4.36. The highest BCUT2D eigenvalue weighted by atomic mass is 16.5. The van der Waals surface area contributed by atoms with E-state index in [4.69, 9.17) is 15.0 Å². The predicted molar refractivity (Wildman–Crippen MR) is 101 cm³/mol. The summed E-state index contributed by atoms with van der Waals surface area (Å²) in [7, 11) is 0. The number of fused-ring (bicyclic) bond motifs is 3. The second kappa shape index (κ2) is 6.76. The summed E-state index contributed by atoms with van der Waals surface area (Å²) in [4.78, 5) is 15.6. The molecule has 0 radical (unpaired) electrons. The van der Waals surface area contributed by atoms with Crippen LogP contribution in [0.25, 0.3) is 5.69 Å². The molecule has 0 saturated carbocycles. The molecule has 1 amide bonds. The molecule has 1 aliphatic heterocycles. The van der Waals surface area contributed by atoms with Gasteiger partial charge in [0, 0.05) is 18.4 Å². The largest absolute Gasteiger partial charge is 0.491 e. The van der Waals surface area contributed by atoms with Crippen LogP contribution in [-0.4, -0.2) is 37.5 Å². The molecule has 2 aromatic heterocycles. The van der Waals surface area contributed by atoms with Gasteiger partial charge in [-0.2, -0.15) is 10.1 Å². The number of primary amides is 1. The van der Waals surface area contributed by atoms with Crippen molar-refractivity contribution in [3.8, 4) is 23.3 Å². The molecule has 9 heteroatoms. The number of aromatic nitrogens is 4. The Hall–Kier alpha value is -3.64. The number of aryl methyl sites for hydroxylation is 1. The Morgan fingerprint density at radius 2 is 2.21 bits per heavy atom. The van der Waals surface area contributed by atoms with Crippen molar-refractivity contribution in [2.24, 2.45) is 5.73 Å². The third kappa shape index (κ3) is 3.46. The van der Waals surface area contributed by atoms with E-state index in [1.54, 1.807) is 35.9 Å². The van der Waals surface area contributed by atoms with Crippen molar-refractivity contribution in [2.45, 2.75) is 32.3 Å². The SMILES string of the molecule is Cc1nc([C@](C)(O)C#Cc2ccc3c(c2)-n2nc(C(N)=O)cc2C(C)CO3)no1. The molecule has 0 spiro atoms. The third-order valence-electron chi connectivity index (χ3n) is 4.58. The first-order chi connectivity index (χ1) is 13.7. The number of ether oxygens (including phenoxy) is 1. The minimum Gasteiger partial charge on any atom is -0.491 e. The van der Waals surface area contributed by atoms with E-state index in [9.17, 15) is 9.90 Å². The quantitative estimate of drug-likeness (QED) is 0.630. The highest BCUT2D eigenvalue weighted by Crippen LogP contribution is 2.32. The maximum Gasteiger partial charge on any atom is 0.269 e. The molecule has 3 aromatic rings. The fraction of sp³-hybridized carbons (Fsp3) is 0.300. The van der Waals surface area contributed by atoms with E-state index in [1.165, 1.54) is 6.92 Å². The number of aliphatic hydroxyl groups is 1. The zero-order valence-electron chi connectivity index (χ0n) is 16.1. The Labute approximate surface area is 166 Å². The van der Waals surface area contributed by atoms with Crippen molar-refractivity contribution >= 4 is 5.91 Å². The molecule has 9 nitrogen and oxygen atoms in total. The first-order valence-electron chi connectivity index (χ1n) is 8.98. The van der Waals surface area contributed by atoms with Crippen molar-refractivity contribution < 1.29 is 19.2 Å². The van der Waals surface area contributed by atoms with Crippen LogP contribution in [0.15, 0.2) is 28.8 Å². The fourth-order valence-corrected chi connectivity index (χ4v) is 2.99. The normalized spacial score (nSPS) is 17.0. The van der Waals surface area contributed by atoms with Crippen LogP contribution < -0.4 is 10.5 Å². The molecule has 0 saturated heterocycles. The molecule has 148 valence electrons. The molecule has 3 N–H and O–H groups in total. The van der Waals surface area contributed by atoms with Crippen molar-refractivity contribution in [2.75, 3.05) is 6.61 Å². The summed E-state index contributed by atoms with van der Waals surface area (Å²) in [6, 6.07) is 7.00. The summed E-state index contributed by atoms with van der Waals surface area (Å²) in [6.07, 6.45) is 0. The van der Waals surface area contributed by atoms with Gasteiger partial charge >= 0.3 is 0 Å². The van der Waals surface area contributed by atoms with Crippen LogP contribution in [0.5, 0.6) is 5.75 Å². The first kappa shape index (κ1) is 18.7. The number of carbonyl (C=O) groups is 1. The Bertz CT molecular complexity index is 1170. The number of benzene rings is 1. The minimum atomic E-state index is -1.58. The van der Waals surface area contributed by atoms with Gasteiger partial charge in [0.25, 0.3) is 5.91 Å². The smallest absolute Gasteiger partial charge is 0.269 e. The van der Waals surface area contributed by atoms with Crippen LogP contribution in [0.4, 0.5) is 0 Å². The summed E-state index contributed by atoms with van der Waals surface area (Å²) in [5.74, 6) is 6.15. The summed E-state index contributed by atoms with van der Waals surface area (Å²) in [5.41, 5.74) is 6.08. The lowest BCUT2D eigenvalue weighted by molar-refractivity contribution is 0.0994. The molecule has 1 unspecified atom stereocenters. The number of nitrogens with zero attached hydrogens (tertiary/aromatic N) is 4. The second-order valence-electron chi connectivity index (χ2n) is 7.08. The molecule has 3 heterocycles. The van der Waals surface area contributed by atoms with Gasteiger partial charge in [0.2, 0.25) is 11.7 Å². The van der Waals surface area contributed by atoms with E-state index >= 15 is 0 Å². The minimum absolute atomic E-state index is 0.0137. The maximum absolute atomic E-state index is 11.6. The Morgan fingerprint density at radius 3 is 2.90 bits per heavy atom. The van der Waals surface area contributed by atoms with E-state index in [0.29, 0.717) is 29.5 Å². The summed E-state index contributed by atoms with van der Waals surface area (Å²) >= 11 is 0. The molecular formula is C20H19N5O4. The Morgan fingerprint density at radius 1 is 1.41 bits per heavy atom. The van der Waals surface area contributed by atoms with Crippen molar-refractivity contribution in [3.05, 3.63) is 52.9 Å². The molecule has 0 aliphatic carbocycles. The van der Waals surface area contributed by atoms with Crippen LogP contribution in [0.2, 0.25) is 0 Å². The monoisotopic (exact) mass is 393 g/mol. The molecule has 1 aliphatic rings. The van der Waals surface area contributed by atoms with Gasteiger partial charge in [0.05, 0.1) is 12.3 Å². The standard InChI is InChI=1S/C20H19N5O4/c1-11-10-28-17-5-4-13(6-7-20(3,27)19-22-12(2)29-24-19)8-16(17)25-15(11)9-14(23-25)18(21)26/h4-5,8-9,11,27H,10H2,1-3H3,(H2,21,26)/t11?,20-/m1/s1. The average Bonchev–Trinajstić information content (AvgIpc) is 3.29. The molecule has 0 bridgehead atoms. The van der Waals surface area contributed by atoms with Crippen molar-refractivity contribution in [1.82, 2.24) is 19.9 Å². The van der Waals surface area contributed by atoms with Crippen LogP contribution in [-0.2, 0) is 5.60 Å². The molecule has 2 atom stereocenters. The molecule has 29 heavy (non-hydrogen) atoms. The molecular weight excluding hydrogens is 374 g/mol. The van der Waals surface area contributed by atoms with Crippen LogP contribution in [0.3, 0.4) is 0 Å². The van der Waals surface area contributed by atoms with Crippen molar-refractivity contribution in [3.63, 3.8) is 0 Å². The lowest BCUT2D eigenvalue weighted by atomic mass is 10.1. The number of hydrogen-bond acceptors (Lipinski definition) is 7. The highest BCUT2D eigenvalue weighted by molar-refractivity contribution is 5.91. The third-order valence-corrected chi connectivity index (χ3v) is 4.58. The summed E-state index contributed by atoms with van der Waals surface area (Å²) in [5, 5.41) is 18.6. The molecule has 1 aromatic carbocycles. The number of rotatable bonds is 2. The first-order valence-corrected chi connectivity index (χ1v) is 8.98. The zero-order chi connectivity index (χ0) is 20.8. The van der Waals surface area contributed by atoms with E-state index < -0.39 is 11.5 Å². The molecule has 0 fully saturated rings. The Balaban J connectivity index is 1.76. The zero-order valence-corrected chi connectivity index (χ0v) is 16.1. The van der Waals surface area contributed by atoms with Gasteiger partial charge in [-0.05, 0) is 31.2 Å². The topological polar surface area (TPSA) is 129 Å². The van der Waals surface area contributed by atoms with Crippen LogP contribution in [0.1, 0.15) is 53.2 Å². The maximum atomic E-state index is 11.6. The fourth-order valence-electron chi connectivity index (χ4n) is 2.99. The van der Waals surface area contributed by atoms with Gasteiger partial charge in [-0.15, -0.1) is 0 Å². The lowest BCUT2D eigenvalue weighted by Gasteiger charge is -2.11. The van der Waals surface area contributed by atoms with E-state index in [0.717, 1.165) is 5.69 Å². The van der Waals surface area contributed by atoms with Gasteiger partial charge in [0.15, 0.2) is 11.3 Å². The van der Waals surface area contributed by atoms with E-state index in [2.05, 4.69) is 27.1 Å².